The molecule has 0 bridgehead atoms. The van der Waals surface area contributed by atoms with E-state index in [1.165, 1.54) is 0 Å². The van der Waals surface area contributed by atoms with Crippen molar-refractivity contribution in [3.05, 3.63) is 24.0 Å². The second-order valence-corrected chi connectivity index (χ2v) is 3.04. The quantitative estimate of drug-likeness (QED) is 0.715. The zero-order valence-electron chi connectivity index (χ0n) is 8.45. The Kier molecular flexibility index (Phi) is 3.35. The van der Waals surface area contributed by atoms with Crippen LogP contribution in [-0.4, -0.2) is 16.5 Å². The number of carbonyl (C=O) groups excluding carboxylic acids is 1. The molecule has 0 aromatic carbocycles. The fraction of sp³-hybridized carbons (Fsp3) is 0.364. The normalized spacial score (nSPS) is 11.8. The first kappa shape index (κ1) is 10.4. The Hall–Kier alpha value is -1.69. The summed E-state index contributed by atoms with van der Waals surface area (Å²) in [6, 6.07) is 3.39. The van der Waals surface area contributed by atoms with Gasteiger partial charge in [0.25, 0.3) is 5.91 Å². The minimum absolute atomic E-state index is 0.123. The number of amides is 1. The Balaban J connectivity index is 2.75. The van der Waals surface area contributed by atoms with E-state index in [1.54, 1.807) is 13.0 Å². The van der Waals surface area contributed by atoms with Gasteiger partial charge in [-0.2, -0.15) is 0 Å². The van der Waals surface area contributed by atoms with E-state index < -0.39 is 0 Å². The number of hydrogen-bond donors (Lipinski definition) is 1. The first-order chi connectivity index (χ1) is 6.69. The number of terminal acetylenes is 1. The van der Waals surface area contributed by atoms with Gasteiger partial charge in [-0.15, -0.1) is 6.42 Å². The van der Waals surface area contributed by atoms with Crippen LogP contribution in [0.5, 0.6) is 0 Å². The Bertz CT molecular complexity index is 360. The maximum atomic E-state index is 11.6. The van der Waals surface area contributed by atoms with Crippen molar-refractivity contribution in [2.75, 3.05) is 0 Å². The topological polar surface area (TPSA) is 34.0 Å². The molecular formula is C11H14N2O. The second-order valence-electron chi connectivity index (χ2n) is 3.04. The summed E-state index contributed by atoms with van der Waals surface area (Å²) in [4.78, 5) is 11.6. The molecule has 0 spiro atoms. The molecule has 1 unspecified atom stereocenters. The molecule has 1 N–H and O–H groups in total. The van der Waals surface area contributed by atoms with E-state index in [9.17, 15) is 4.79 Å². The lowest BCUT2D eigenvalue weighted by atomic mass is 10.3. The van der Waals surface area contributed by atoms with Gasteiger partial charge in [0.2, 0.25) is 0 Å². The zero-order chi connectivity index (χ0) is 10.6. The molecule has 0 aliphatic rings. The molecule has 0 aliphatic carbocycles. The fourth-order valence-corrected chi connectivity index (χ4v) is 1.21. The first-order valence-electron chi connectivity index (χ1n) is 4.61. The van der Waals surface area contributed by atoms with E-state index in [-0.39, 0.29) is 11.9 Å². The van der Waals surface area contributed by atoms with Gasteiger partial charge in [0.05, 0.1) is 6.04 Å². The SMILES string of the molecule is C#CC(C)NC(=O)c1cccn1CC. The highest BCUT2D eigenvalue weighted by Crippen LogP contribution is 2.02. The van der Waals surface area contributed by atoms with Gasteiger partial charge < -0.3 is 9.88 Å². The van der Waals surface area contributed by atoms with Gasteiger partial charge in [0, 0.05) is 12.7 Å². The molecule has 14 heavy (non-hydrogen) atoms. The van der Waals surface area contributed by atoms with Crippen LogP contribution >= 0.6 is 0 Å². The molecule has 3 heteroatoms. The van der Waals surface area contributed by atoms with Crippen molar-refractivity contribution in [1.82, 2.24) is 9.88 Å². The van der Waals surface area contributed by atoms with E-state index >= 15 is 0 Å². The maximum Gasteiger partial charge on any atom is 0.268 e. The van der Waals surface area contributed by atoms with Crippen LogP contribution in [0.25, 0.3) is 0 Å². The summed E-state index contributed by atoms with van der Waals surface area (Å²) in [5.41, 5.74) is 0.648. The summed E-state index contributed by atoms with van der Waals surface area (Å²) in [6.07, 6.45) is 7.04. The van der Waals surface area contributed by atoms with E-state index in [4.69, 9.17) is 6.42 Å². The number of nitrogens with one attached hydrogen (secondary N) is 1. The molecule has 1 heterocycles. The van der Waals surface area contributed by atoms with Crippen molar-refractivity contribution in [2.45, 2.75) is 26.4 Å². The molecule has 74 valence electrons. The van der Waals surface area contributed by atoms with Gasteiger partial charge in [0.1, 0.15) is 5.69 Å². The molecule has 0 fully saturated rings. The van der Waals surface area contributed by atoms with Gasteiger partial charge in [0.15, 0.2) is 0 Å². The predicted molar refractivity (Wildman–Crippen MR) is 55.9 cm³/mol. The number of aryl methyl sites for hydroxylation is 1. The van der Waals surface area contributed by atoms with E-state index in [0.29, 0.717) is 5.69 Å². The highest BCUT2D eigenvalue weighted by molar-refractivity contribution is 5.93. The predicted octanol–water partition coefficient (Wildman–Crippen LogP) is 1.26. The van der Waals surface area contributed by atoms with Crippen LogP contribution < -0.4 is 5.32 Å². The zero-order valence-corrected chi connectivity index (χ0v) is 8.45. The van der Waals surface area contributed by atoms with Gasteiger partial charge in [-0.25, -0.2) is 0 Å². The molecule has 1 aromatic heterocycles. The van der Waals surface area contributed by atoms with Crippen molar-refractivity contribution < 1.29 is 4.79 Å². The third-order valence-corrected chi connectivity index (χ3v) is 2.00. The molecule has 0 aliphatic heterocycles. The Morgan fingerprint density at radius 1 is 1.79 bits per heavy atom. The Morgan fingerprint density at radius 3 is 3.07 bits per heavy atom. The summed E-state index contributed by atoms with van der Waals surface area (Å²) in [5.74, 6) is 2.33. The third kappa shape index (κ3) is 2.17. The number of rotatable bonds is 3. The lowest BCUT2D eigenvalue weighted by Gasteiger charge is -2.09. The summed E-state index contributed by atoms with van der Waals surface area (Å²) in [6.45, 7) is 4.54. The third-order valence-electron chi connectivity index (χ3n) is 2.00. The average molecular weight is 190 g/mol. The molecular weight excluding hydrogens is 176 g/mol. The molecule has 3 nitrogen and oxygen atoms in total. The first-order valence-corrected chi connectivity index (χ1v) is 4.61. The summed E-state index contributed by atoms with van der Waals surface area (Å²) >= 11 is 0. The number of nitrogens with zero attached hydrogens (tertiary/aromatic N) is 1. The smallest absolute Gasteiger partial charge is 0.268 e. The van der Waals surface area contributed by atoms with Crippen molar-refractivity contribution in [3.8, 4) is 12.3 Å². The van der Waals surface area contributed by atoms with Crippen LogP contribution in [0.1, 0.15) is 24.3 Å². The lowest BCUT2D eigenvalue weighted by Crippen LogP contribution is -2.32. The molecule has 1 atom stereocenters. The Labute approximate surface area is 84.1 Å². The number of hydrogen-bond acceptors (Lipinski definition) is 1. The van der Waals surface area contributed by atoms with E-state index in [0.717, 1.165) is 6.54 Å². The minimum atomic E-state index is -0.234. The molecule has 1 amide bonds. The van der Waals surface area contributed by atoms with Gasteiger partial charge in [-0.1, -0.05) is 5.92 Å². The van der Waals surface area contributed by atoms with Crippen molar-refractivity contribution in [2.24, 2.45) is 0 Å². The highest BCUT2D eigenvalue weighted by atomic mass is 16.2. The van der Waals surface area contributed by atoms with Crippen molar-refractivity contribution in [3.63, 3.8) is 0 Å². The van der Waals surface area contributed by atoms with Crippen LogP contribution in [0.2, 0.25) is 0 Å². The van der Waals surface area contributed by atoms with Crippen LogP contribution in [0.4, 0.5) is 0 Å². The number of aromatic nitrogens is 1. The molecule has 0 radical (unpaired) electrons. The van der Waals surface area contributed by atoms with Crippen LogP contribution in [0.15, 0.2) is 18.3 Å². The molecule has 1 aromatic rings. The number of carbonyl (C=O) groups is 1. The summed E-state index contributed by atoms with van der Waals surface area (Å²) in [5, 5.41) is 2.71. The van der Waals surface area contributed by atoms with Crippen LogP contribution in [0.3, 0.4) is 0 Å². The second kappa shape index (κ2) is 4.52. The average Bonchev–Trinajstić information content (AvgIpc) is 2.65. The lowest BCUT2D eigenvalue weighted by molar-refractivity contribution is 0.0939. The van der Waals surface area contributed by atoms with Gasteiger partial charge in [-0.3, -0.25) is 4.79 Å². The fourth-order valence-electron chi connectivity index (χ4n) is 1.21. The van der Waals surface area contributed by atoms with E-state index in [1.807, 2.05) is 23.8 Å². The summed E-state index contributed by atoms with van der Waals surface area (Å²) < 4.78 is 1.87. The van der Waals surface area contributed by atoms with Gasteiger partial charge >= 0.3 is 0 Å². The van der Waals surface area contributed by atoms with Crippen molar-refractivity contribution in [1.29, 1.82) is 0 Å². The summed E-state index contributed by atoms with van der Waals surface area (Å²) in [7, 11) is 0. The molecule has 0 saturated heterocycles. The van der Waals surface area contributed by atoms with Crippen LogP contribution in [-0.2, 0) is 6.54 Å². The molecule has 0 saturated carbocycles. The van der Waals surface area contributed by atoms with Crippen LogP contribution in [0, 0.1) is 12.3 Å². The monoisotopic (exact) mass is 190 g/mol. The maximum absolute atomic E-state index is 11.6. The minimum Gasteiger partial charge on any atom is -0.344 e. The largest absolute Gasteiger partial charge is 0.344 e. The van der Waals surface area contributed by atoms with Crippen molar-refractivity contribution >= 4 is 5.91 Å². The molecule has 1 rings (SSSR count). The van der Waals surface area contributed by atoms with Gasteiger partial charge in [-0.05, 0) is 26.0 Å². The van der Waals surface area contributed by atoms with E-state index in [2.05, 4.69) is 11.2 Å². The Morgan fingerprint density at radius 2 is 2.50 bits per heavy atom. The standard InChI is InChI=1S/C11H14N2O/c1-4-9(3)12-11(14)10-7-6-8-13(10)5-2/h1,6-9H,5H2,2-3H3,(H,12,14). The highest BCUT2D eigenvalue weighted by Gasteiger charge is 2.10.